The number of aryl methyl sites for hydroxylation is 2. The summed E-state index contributed by atoms with van der Waals surface area (Å²) in [7, 11) is 3.44. The molecular formula is C25H21N5O3. The third kappa shape index (κ3) is 3.41. The number of imidazole rings is 1. The number of carbonyl (C=O) groups is 1. The fourth-order valence-corrected chi connectivity index (χ4v) is 4.21. The van der Waals surface area contributed by atoms with Crippen LogP contribution in [-0.2, 0) is 25.4 Å². The van der Waals surface area contributed by atoms with E-state index in [4.69, 9.17) is 0 Å². The van der Waals surface area contributed by atoms with Crippen LogP contribution in [0.5, 0.6) is 0 Å². The van der Waals surface area contributed by atoms with Crippen LogP contribution < -0.4 is 16.5 Å². The number of benzene rings is 3. The van der Waals surface area contributed by atoms with Crippen molar-refractivity contribution in [1.29, 1.82) is 0 Å². The highest BCUT2D eigenvalue weighted by atomic mass is 16.2. The molecule has 0 radical (unpaired) electrons. The van der Waals surface area contributed by atoms with Gasteiger partial charge in [0.15, 0.2) is 5.43 Å². The molecule has 0 atom stereocenters. The van der Waals surface area contributed by atoms with Gasteiger partial charge in [0, 0.05) is 24.9 Å². The van der Waals surface area contributed by atoms with Crippen molar-refractivity contribution in [1.82, 2.24) is 19.1 Å². The lowest BCUT2D eigenvalue weighted by molar-refractivity contribution is -0.121. The monoisotopic (exact) mass is 439 g/mol. The largest absolute Gasteiger partial charge is 0.331 e. The molecule has 0 aliphatic carbocycles. The molecule has 33 heavy (non-hydrogen) atoms. The van der Waals surface area contributed by atoms with Crippen molar-refractivity contribution in [2.24, 2.45) is 19.2 Å². The Morgan fingerprint density at radius 1 is 0.848 bits per heavy atom. The molecule has 0 saturated carbocycles. The van der Waals surface area contributed by atoms with E-state index >= 15 is 0 Å². The average molecular weight is 439 g/mol. The van der Waals surface area contributed by atoms with Gasteiger partial charge in [0.25, 0.3) is 5.91 Å². The summed E-state index contributed by atoms with van der Waals surface area (Å²) in [6, 6.07) is 20.0. The Hall–Kier alpha value is -4.46. The average Bonchev–Trinajstić information content (AvgIpc) is 3.05. The van der Waals surface area contributed by atoms with E-state index in [1.54, 1.807) is 35.4 Å². The highest BCUT2D eigenvalue weighted by Gasteiger charge is 2.12. The normalized spacial score (nSPS) is 11.7. The van der Waals surface area contributed by atoms with Gasteiger partial charge in [-0.05, 0) is 42.0 Å². The fourth-order valence-electron chi connectivity index (χ4n) is 4.21. The second-order valence-corrected chi connectivity index (χ2v) is 7.89. The molecule has 2 aromatic heterocycles. The number of nitrogens with zero attached hydrogens (tertiary/aromatic N) is 4. The van der Waals surface area contributed by atoms with Crippen molar-refractivity contribution in [3.05, 3.63) is 93.0 Å². The molecule has 5 rings (SSSR count). The third-order valence-electron chi connectivity index (χ3n) is 5.88. The molecule has 164 valence electrons. The van der Waals surface area contributed by atoms with Gasteiger partial charge in [-0.25, -0.2) is 10.2 Å². The molecule has 0 saturated heterocycles. The first-order chi connectivity index (χ1) is 16.0. The Balaban J connectivity index is 1.43. The Bertz CT molecular complexity index is 1650. The second-order valence-electron chi connectivity index (χ2n) is 7.89. The minimum absolute atomic E-state index is 0.00483. The minimum atomic E-state index is -0.321. The fraction of sp³-hybridized carbons (Fsp3) is 0.120. The number of hydrogen-bond acceptors (Lipinski definition) is 4. The highest BCUT2D eigenvalue weighted by Crippen LogP contribution is 2.19. The van der Waals surface area contributed by atoms with Crippen molar-refractivity contribution >= 4 is 45.0 Å². The van der Waals surface area contributed by atoms with Crippen LogP contribution in [0.1, 0.15) is 5.56 Å². The number of amides is 1. The summed E-state index contributed by atoms with van der Waals surface area (Å²) in [5, 5.41) is 5.22. The topological polar surface area (TPSA) is 90.4 Å². The number of hydrogen-bond donors (Lipinski definition) is 1. The van der Waals surface area contributed by atoms with E-state index < -0.39 is 0 Å². The van der Waals surface area contributed by atoms with Gasteiger partial charge in [-0.15, -0.1) is 0 Å². The highest BCUT2D eigenvalue weighted by molar-refractivity contribution is 5.95. The number of rotatable bonds is 4. The summed E-state index contributed by atoms with van der Waals surface area (Å²) in [5.74, 6) is -0.321. The first kappa shape index (κ1) is 20.4. The number of para-hydroxylation sites is 2. The Kier molecular flexibility index (Phi) is 4.90. The molecule has 0 aliphatic rings. The summed E-state index contributed by atoms with van der Waals surface area (Å²) < 4.78 is 4.97. The Morgan fingerprint density at radius 3 is 2.12 bits per heavy atom. The predicted molar refractivity (Wildman–Crippen MR) is 130 cm³/mol. The molecule has 0 unspecified atom stereocenters. The third-order valence-corrected chi connectivity index (χ3v) is 5.88. The molecule has 0 aliphatic heterocycles. The van der Waals surface area contributed by atoms with Crippen molar-refractivity contribution < 1.29 is 4.79 Å². The maximum atomic E-state index is 12.8. The number of hydrazone groups is 1. The van der Waals surface area contributed by atoms with Crippen LogP contribution in [0.4, 0.5) is 0 Å². The molecule has 0 bridgehead atoms. The molecule has 0 fully saturated rings. The summed E-state index contributed by atoms with van der Waals surface area (Å²) in [6.45, 7) is 0.00483. The standard InChI is InChI=1S/C25H21N5O3/c1-28-21-12-11-16(13-22(21)29(2)25(28)33)14-26-27-23(31)15-30-19-9-5-3-7-17(19)24(32)18-8-4-6-10-20(18)30/h3-14H,15H2,1-2H3,(H,27,31)/b26-14-. The maximum Gasteiger partial charge on any atom is 0.328 e. The van der Waals surface area contributed by atoms with Crippen LogP contribution in [0.3, 0.4) is 0 Å². The van der Waals surface area contributed by atoms with Crippen molar-refractivity contribution in [3.63, 3.8) is 0 Å². The van der Waals surface area contributed by atoms with Gasteiger partial charge in [-0.3, -0.25) is 18.7 Å². The molecule has 8 heteroatoms. The SMILES string of the molecule is Cn1c(=O)n(C)c2cc(/C=N\NC(=O)Cn3c4ccccc4c(=O)c4ccccc43)ccc21. The Morgan fingerprint density at radius 2 is 1.45 bits per heavy atom. The number of aromatic nitrogens is 3. The van der Waals surface area contributed by atoms with Crippen LogP contribution in [0.2, 0.25) is 0 Å². The molecule has 2 heterocycles. The molecule has 8 nitrogen and oxygen atoms in total. The quantitative estimate of drug-likeness (QED) is 0.265. The number of carbonyl (C=O) groups excluding carboxylic acids is 1. The molecular weight excluding hydrogens is 418 g/mol. The molecule has 1 amide bonds. The van der Waals surface area contributed by atoms with E-state index in [9.17, 15) is 14.4 Å². The number of nitrogens with one attached hydrogen (secondary N) is 1. The second kappa shape index (κ2) is 7.90. The van der Waals surface area contributed by atoms with Gasteiger partial charge >= 0.3 is 5.69 Å². The van der Waals surface area contributed by atoms with Crippen LogP contribution in [0, 0.1) is 0 Å². The van der Waals surface area contributed by atoms with Gasteiger partial charge in [0.2, 0.25) is 0 Å². The lowest BCUT2D eigenvalue weighted by Crippen LogP contribution is -2.25. The minimum Gasteiger partial charge on any atom is -0.331 e. The summed E-state index contributed by atoms with van der Waals surface area (Å²) in [5.41, 5.74) is 6.14. The first-order valence-electron chi connectivity index (χ1n) is 10.4. The van der Waals surface area contributed by atoms with Gasteiger partial charge in [0.1, 0.15) is 6.54 Å². The van der Waals surface area contributed by atoms with Crippen LogP contribution in [0.15, 0.2) is 81.4 Å². The predicted octanol–water partition coefficient (Wildman–Crippen LogP) is 2.50. The van der Waals surface area contributed by atoms with Gasteiger partial charge in [0.05, 0.1) is 28.3 Å². The smallest absolute Gasteiger partial charge is 0.328 e. The zero-order valence-corrected chi connectivity index (χ0v) is 18.1. The van der Waals surface area contributed by atoms with Gasteiger partial charge in [-0.2, -0.15) is 5.10 Å². The zero-order chi connectivity index (χ0) is 23.1. The maximum absolute atomic E-state index is 12.8. The van der Waals surface area contributed by atoms with Crippen molar-refractivity contribution in [2.45, 2.75) is 6.54 Å². The van der Waals surface area contributed by atoms with Gasteiger partial charge in [-0.1, -0.05) is 30.3 Å². The summed E-state index contributed by atoms with van der Waals surface area (Å²) >= 11 is 0. The number of fused-ring (bicyclic) bond motifs is 3. The summed E-state index contributed by atoms with van der Waals surface area (Å²) in [6.07, 6.45) is 1.54. The zero-order valence-electron chi connectivity index (χ0n) is 18.1. The lowest BCUT2D eigenvalue weighted by Gasteiger charge is -2.14. The lowest BCUT2D eigenvalue weighted by atomic mass is 10.1. The summed E-state index contributed by atoms with van der Waals surface area (Å²) in [4.78, 5) is 37.6. The van der Waals surface area contributed by atoms with Crippen molar-refractivity contribution in [2.75, 3.05) is 0 Å². The van der Waals surface area contributed by atoms with E-state index in [-0.39, 0.29) is 23.6 Å². The van der Waals surface area contributed by atoms with E-state index in [0.717, 1.165) is 16.6 Å². The van der Waals surface area contributed by atoms with Crippen LogP contribution in [-0.4, -0.2) is 25.8 Å². The molecule has 0 spiro atoms. The van der Waals surface area contributed by atoms with Crippen LogP contribution in [0.25, 0.3) is 32.8 Å². The van der Waals surface area contributed by atoms with Crippen molar-refractivity contribution in [3.8, 4) is 0 Å². The van der Waals surface area contributed by atoms with Crippen LogP contribution >= 0.6 is 0 Å². The van der Waals surface area contributed by atoms with E-state index in [1.807, 2.05) is 59.2 Å². The molecule has 1 N–H and O–H groups in total. The van der Waals surface area contributed by atoms with E-state index in [2.05, 4.69) is 10.5 Å². The Labute approximate surface area is 188 Å². The molecule has 5 aromatic rings. The van der Waals surface area contributed by atoms with E-state index in [0.29, 0.717) is 21.8 Å². The van der Waals surface area contributed by atoms with Gasteiger partial charge < -0.3 is 4.57 Å². The van der Waals surface area contributed by atoms with E-state index in [1.165, 1.54) is 6.21 Å². The number of pyridine rings is 1. The molecule has 3 aromatic carbocycles. The first-order valence-corrected chi connectivity index (χ1v) is 10.4.